The van der Waals surface area contributed by atoms with Crippen molar-refractivity contribution >= 4 is 11.6 Å². The quantitative estimate of drug-likeness (QED) is 0.507. The molecular weight excluding hydrogens is 168 g/mol. The molecule has 1 heteroatoms. The third kappa shape index (κ3) is 0.547. The highest BCUT2D eigenvalue weighted by molar-refractivity contribution is 6.23. The van der Waals surface area contributed by atoms with Crippen LogP contribution in [0.15, 0.2) is 0 Å². The maximum atomic E-state index is 6.35. The molecule has 2 bridgehead atoms. The molecule has 4 fully saturated rings. The van der Waals surface area contributed by atoms with Gasteiger partial charge in [0, 0.05) is 5.38 Å². The van der Waals surface area contributed by atoms with Gasteiger partial charge >= 0.3 is 0 Å². The van der Waals surface area contributed by atoms with Crippen LogP contribution in [0.1, 0.15) is 33.6 Å². The van der Waals surface area contributed by atoms with Gasteiger partial charge in [-0.2, -0.15) is 0 Å². The summed E-state index contributed by atoms with van der Waals surface area (Å²) >= 11 is 6.35. The van der Waals surface area contributed by atoms with Gasteiger partial charge < -0.3 is 0 Å². The van der Waals surface area contributed by atoms with Crippen molar-refractivity contribution in [2.75, 3.05) is 0 Å². The second-order valence-electron chi connectivity index (χ2n) is 5.92. The average molecular weight is 185 g/mol. The lowest BCUT2D eigenvalue weighted by Gasteiger charge is -2.59. The molecule has 0 N–H and O–H groups in total. The van der Waals surface area contributed by atoms with E-state index < -0.39 is 0 Å². The first-order chi connectivity index (χ1) is 5.49. The summed E-state index contributed by atoms with van der Waals surface area (Å²) in [5, 5.41) is 0.509. The molecule has 0 amide bonds. The molecule has 12 heavy (non-hydrogen) atoms. The third-order valence-electron chi connectivity index (χ3n) is 5.40. The molecule has 0 radical (unpaired) electrons. The molecule has 0 aromatic rings. The van der Waals surface area contributed by atoms with Crippen LogP contribution in [0.25, 0.3) is 0 Å². The topological polar surface area (TPSA) is 0 Å². The number of rotatable bonds is 0. The molecule has 0 unspecified atom stereocenters. The summed E-state index contributed by atoms with van der Waals surface area (Å²) in [5.74, 6) is 2.79. The fourth-order valence-corrected chi connectivity index (χ4v) is 4.78. The minimum absolute atomic E-state index is 0.509. The molecule has 4 aliphatic carbocycles. The highest BCUT2D eigenvalue weighted by atomic mass is 35.5. The minimum Gasteiger partial charge on any atom is -0.122 e. The molecule has 0 aliphatic heterocycles. The zero-order valence-corrected chi connectivity index (χ0v) is 8.86. The highest BCUT2D eigenvalue weighted by Crippen LogP contribution is 2.79. The first-order valence-electron chi connectivity index (χ1n) is 5.13. The van der Waals surface area contributed by atoms with Crippen LogP contribution in [0.2, 0.25) is 0 Å². The van der Waals surface area contributed by atoms with E-state index in [1.165, 1.54) is 12.8 Å². The Morgan fingerprint density at radius 1 is 1.17 bits per heavy atom. The molecular formula is C11H17Cl. The molecule has 68 valence electrons. The summed E-state index contributed by atoms with van der Waals surface area (Å²) in [6.07, 6.45) is 2.87. The SMILES string of the molecule is CC1(C)[C@@H]2C[C@H]3[C@H](Cl)[C@@]3(C)[C@H]1C2. The van der Waals surface area contributed by atoms with Gasteiger partial charge in [-0.15, -0.1) is 11.6 Å². The Bertz CT molecular complexity index is 245. The first-order valence-corrected chi connectivity index (χ1v) is 5.56. The number of hydrogen-bond donors (Lipinski definition) is 0. The average Bonchev–Trinajstić information content (AvgIpc) is 2.54. The van der Waals surface area contributed by atoms with Gasteiger partial charge in [0.15, 0.2) is 0 Å². The Morgan fingerprint density at radius 2 is 1.83 bits per heavy atom. The van der Waals surface area contributed by atoms with Crippen molar-refractivity contribution in [3.8, 4) is 0 Å². The van der Waals surface area contributed by atoms with Crippen LogP contribution in [-0.2, 0) is 0 Å². The zero-order valence-electron chi connectivity index (χ0n) is 8.10. The monoisotopic (exact) mass is 184 g/mol. The fraction of sp³-hybridized carbons (Fsp3) is 1.00. The van der Waals surface area contributed by atoms with Crippen molar-refractivity contribution in [3.63, 3.8) is 0 Å². The smallest absolute Gasteiger partial charge is 0.0429 e. The Morgan fingerprint density at radius 3 is 2.25 bits per heavy atom. The molecule has 5 atom stereocenters. The standard InChI is InChI=1S/C11H17Cl/c1-10(2)6-4-7-9(12)11(7,3)8(10)5-6/h6-9H,4-5H2,1-3H3/t6-,7+,8+,9+,11-/m1/s1. The van der Waals surface area contributed by atoms with E-state index in [1.807, 2.05) is 0 Å². The van der Waals surface area contributed by atoms with E-state index in [0.717, 1.165) is 17.8 Å². The van der Waals surface area contributed by atoms with E-state index in [2.05, 4.69) is 20.8 Å². The van der Waals surface area contributed by atoms with Gasteiger partial charge in [0.25, 0.3) is 0 Å². The van der Waals surface area contributed by atoms with E-state index >= 15 is 0 Å². The summed E-state index contributed by atoms with van der Waals surface area (Å²) in [4.78, 5) is 0. The van der Waals surface area contributed by atoms with Crippen LogP contribution >= 0.6 is 11.6 Å². The van der Waals surface area contributed by atoms with Crippen LogP contribution in [0.4, 0.5) is 0 Å². The molecule has 4 aliphatic rings. The number of alkyl halides is 1. The maximum Gasteiger partial charge on any atom is 0.0429 e. The van der Waals surface area contributed by atoms with E-state index in [9.17, 15) is 0 Å². The van der Waals surface area contributed by atoms with Crippen molar-refractivity contribution in [1.82, 2.24) is 0 Å². The van der Waals surface area contributed by atoms with Gasteiger partial charge in [0.1, 0.15) is 0 Å². The third-order valence-corrected chi connectivity index (χ3v) is 6.17. The first kappa shape index (κ1) is 7.67. The van der Waals surface area contributed by atoms with E-state index in [-0.39, 0.29) is 0 Å². The van der Waals surface area contributed by atoms with Gasteiger partial charge in [-0.1, -0.05) is 20.8 Å². The molecule has 0 spiro atoms. The second kappa shape index (κ2) is 1.73. The summed E-state index contributed by atoms with van der Waals surface area (Å²) in [7, 11) is 0. The van der Waals surface area contributed by atoms with Crippen LogP contribution in [0.5, 0.6) is 0 Å². The highest BCUT2D eigenvalue weighted by Gasteiger charge is 2.75. The lowest BCUT2D eigenvalue weighted by molar-refractivity contribution is -0.106. The lowest BCUT2D eigenvalue weighted by atomic mass is 9.45. The predicted octanol–water partition coefficient (Wildman–Crippen LogP) is 3.30. The zero-order chi connectivity index (χ0) is 8.72. The van der Waals surface area contributed by atoms with Crippen molar-refractivity contribution in [1.29, 1.82) is 0 Å². The molecule has 4 saturated carbocycles. The van der Waals surface area contributed by atoms with Crippen molar-refractivity contribution in [2.24, 2.45) is 28.6 Å². The maximum absolute atomic E-state index is 6.35. The van der Waals surface area contributed by atoms with Crippen molar-refractivity contribution < 1.29 is 0 Å². The van der Waals surface area contributed by atoms with Gasteiger partial charge in [0.2, 0.25) is 0 Å². The summed E-state index contributed by atoms with van der Waals surface area (Å²) in [6.45, 7) is 7.29. The van der Waals surface area contributed by atoms with Gasteiger partial charge in [-0.25, -0.2) is 0 Å². The Balaban J connectivity index is 1.98. The second-order valence-corrected chi connectivity index (χ2v) is 6.39. The molecule has 0 heterocycles. The molecule has 0 aromatic heterocycles. The number of hydrogen-bond acceptors (Lipinski definition) is 0. The molecule has 4 rings (SSSR count). The van der Waals surface area contributed by atoms with Crippen LogP contribution in [0, 0.1) is 28.6 Å². The van der Waals surface area contributed by atoms with E-state index in [4.69, 9.17) is 11.6 Å². The fourth-order valence-electron chi connectivity index (χ4n) is 4.17. The Kier molecular flexibility index (Phi) is 1.11. The molecule has 0 aromatic carbocycles. The van der Waals surface area contributed by atoms with Gasteiger partial charge in [-0.05, 0) is 41.4 Å². The minimum atomic E-state index is 0.509. The Labute approximate surface area is 79.7 Å². The van der Waals surface area contributed by atoms with Crippen molar-refractivity contribution in [3.05, 3.63) is 0 Å². The van der Waals surface area contributed by atoms with Crippen LogP contribution < -0.4 is 0 Å². The Hall–Kier alpha value is 0.290. The summed E-state index contributed by atoms with van der Waals surface area (Å²) in [5.41, 5.74) is 1.13. The summed E-state index contributed by atoms with van der Waals surface area (Å²) in [6, 6.07) is 0. The van der Waals surface area contributed by atoms with Crippen molar-refractivity contribution in [2.45, 2.75) is 39.0 Å². The molecule has 0 nitrogen and oxygen atoms in total. The van der Waals surface area contributed by atoms with Crippen LogP contribution in [-0.4, -0.2) is 5.38 Å². The predicted molar refractivity (Wildman–Crippen MR) is 51.2 cm³/mol. The van der Waals surface area contributed by atoms with E-state index in [1.54, 1.807) is 0 Å². The van der Waals surface area contributed by atoms with Crippen LogP contribution in [0.3, 0.4) is 0 Å². The lowest BCUT2D eigenvalue weighted by Crippen LogP contribution is -2.52. The van der Waals surface area contributed by atoms with E-state index in [0.29, 0.717) is 16.2 Å². The summed E-state index contributed by atoms with van der Waals surface area (Å²) < 4.78 is 0. The van der Waals surface area contributed by atoms with Gasteiger partial charge in [0.05, 0.1) is 0 Å². The normalized spacial score (nSPS) is 65.0. The largest absolute Gasteiger partial charge is 0.122 e. The molecule has 0 saturated heterocycles. The van der Waals surface area contributed by atoms with Gasteiger partial charge in [-0.3, -0.25) is 0 Å². The number of halogens is 1.